The zero-order chi connectivity index (χ0) is 8.43. The molecule has 66 valence electrons. The molecular weight excluding hydrogens is 404 g/mol. The Bertz CT molecular complexity index is 128. The van der Waals surface area contributed by atoms with Crippen molar-refractivity contribution in [3.63, 3.8) is 0 Å². The van der Waals surface area contributed by atoms with E-state index >= 15 is 0 Å². The third-order valence-corrected chi connectivity index (χ3v) is 6.77. The molecule has 0 bridgehead atoms. The highest BCUT2D eigenvalue weighted by Crippen LogP contribution is 2.38. The molecule has 4 unspecified atom stereocenters. The Morgan fingerprint density at radius 1 is 0.909 bits per heavy atom. The fourth-order valence-corrected chi connectivity index (χ4v) is 5.14. The van der Waals surface area contributed by atoms with Crippen LogP contribution in [0.5, 0.6) is 0 Å². The molecule has 1 fully saturated rings. The van der Waals surface area contributed by atoms with E-state index < -0.39 is 0 Å². The van der Waals surface area contributed by atoms with Crippen molar-refractivity contribution < 1.29 is 0 Å². The topological polar surface area (TPSA) is 0 Å². The van der Waals surface area contributed by atoms with Gasteiger partial charge in [0.25, 0.3) is 0 Å². The zero-order valence-electron chi connectivity index (χ0n) is 5.94. The van der Waals surface area contributed by atoms with Crippen LogP contribution in [-0.4, -0.2) is 19.8 Å². The lowest BCUT2D eigenvalue weighted by atomic mass is 9.90. The summed E-state index contributed by atoms with van der Waals surface area (Å²) in [6.45, 7) is 0. The first kappa shape index (κ1) is 11.0. The Hall–Kier alpha value is 1.92. The Morgan fingerprint density at radius 2 is 1.45 bits per heavy atom. The number of alkyl halides is 4. The zero-order valence-corrected chi connectivity index (χ0v) is 12.3. The van der Waals surface area contributed by atoms with Crippen LogP contribution < -0.4 is 0 Å². The summed E-state index contributed by atoms with van der Waals surface area (Å²) in [5.74, 6) is 0.771. The van der Waals surface area contributed by atoms with E-state index in [9.17, 15) is 0 Å². The molecule has 4 heteroatoms. The minimum atomic E-state index is 0.627. The van der Waals surface area contributed by atoms with Gasteiger partial charge in [-0.05, 0) is 18.8 Å². The van der Waals surface area contributed by atoms with Crippen LogP contribution >= 0.6 is 63.7 Å². The van der Waals surface area contributed by atoms with E-state index in [4.69, 9.17) is 0 Å². The third-order valence-electron chi connectivity index (χ3n) is 2.08. The quantitative estimate of drug-likeness (QED) is 0.568. The fourth-order valence-electron chi connectivity index (χ4n) is 1.30. The van der Waals surface area contributed by atoms with Gasteiger partial charge in [-0.1, -0.05) is 63.7 Å². The average molecular weight is 414 g/mol. The molecule has 0 amide bonds. The van der Waals surface area contributed by atoms with Crippen LogP contribution in [0.4, 0.5) is 0 Å². The summed E-state index contributed by atoms with van der Waals surface area (Å²) in [5, 5.41) is 1.10. The molecule has 0 saturated heterocycles. The van der Waals surface area contributed by atoms with Crippen molar-refractivity contribution >= 4 is 63.7 Å². The SMILES string of the molecule is BrCC1CC(Br)C(Br)CC1Br. The first-order valence-electron chi connectivity index (χ1n) is 3.63. The largest absolute Gasteiger partial charge is 0.0925 e. The van der Waals surface area contributed by atoms with Crippen LogP contribution in [0.1, 0.15) is 12.8 Å². The summed E-state index contributed by atoms with van der Waals surface area (Å²) in [5.41, 5.74) is 0. The van der Waals surface area contributed by atoms with Gasteiger partial charge in [-0.2, -0.15) is 0 Å². The Balaban J connectivity index is 2.48. The smallest absolute Gasteiger partial charge is 0.0281 e. The van der Waals surface area contributed by atoms with Gasteiger partial charge < -0.3 is 0 Å². The summed E-state index contributed by atoms with van der Waals surface area (Å²) >= 11 is 14.6. The molecule has 4 atom stereocenters. The summed E-state index contributed by atoms with van der Waals surface area (Å²) in [6.07, 6.45) is 2.46. The van der Waals surface area contributed by atoms with Crippen LogP contribution in [0.25, 0.3) is 0 Å². The molecule has 0 nitrogen and oxygen atoms in total. The van der Waals surface area contributed by atoms with E-state index in [0.717, 1.165) is 11.2 Å². The highest BCUT2D eigenvalue weighted by molar-refractivity contribution is 9.12. The standard InChI is InChI=1S/C7H10Br4/c8-3-4-1-6(10)7(11)2-5(4)9/h4-7H,1-3H2. The first-order valence-corrected chi connectivity index (χ1v) is 7.50. The van der Waals surface area contributed by atoms with Gasteiger partial charge in [0.2, 0.25) is 0 Å². The van der Waals surface area contributed by atoms with Gasteiger partial charge in [-0.25, -0.2) is 0 Å². The highest BCUT2D eigenvalue weighted by atomic mass is 79.9. The van der Waals surface area contributed by atoms with E-state index in [2.05, 4.69) is 63.7 Å². The van der Waals surface area contributed by atoms with Crippen molar-refractivity contribution in [3.05, 3.63) is 0 Å². The highest BCUT2D eigenvalue weighted by Gasteiger charge is 2.32. The lowest BCUT2D eigenvalue weighted by Crippen LogP contribution is -2.33. The van der Waals surface area contributed by atoms with Crippen LogP contribution in [0, 0.1) is 5.92 Å². The molecular formula is C7H10Br4. The minimum absolute atomic E-state index is 0.627. The maximum Gasteiger partial charge on any atom is 0.0281 e. The Kier molecular flexibility index (Phi) is 4.96. The molecule has 1 saturated carbocycles. The molecule has 0 aromatic carbocycles. The second-order valence-electron chi connectivity index (χ2n) is 2.93. The molecule has 0 radical (unpaired) electrons. The third kappa shape index (κ3) is 2.96. The molecule has 0 N–H and O–H groups in total. The Morgan fingerprint density at radius 3 is 2.00 bits per heavy atom. The summed E-state index contributed by atoms with van der Waals surface area (Å²) in [4.78, 5) is 1.93. The first-order chi connectivity index (χ1) is 5.15. The number of hydrogen-bond acceptors (Lipinski definition) is 0. The predicted molar refractivity (Wildman–Crippen MR) is 64.7 cm³/mol. The van der Waals surface area contributed by atoms with E-state index in [1.165, 1.54) is 12.8 Å². The van der Waals surface area contributed by atoms with Crippen LogP contribution in [-0.2, 0) is 0 Å². The Labute approximate surface area is 101 Å². The molecule has 1 aliphatic carbocycles. The van der Waals surface area contributed by atoms with Gasteiger partial charge in [-0.15, -0.1) is 0 Å². The summed E-state index contributed by atoms with van der Waals surface area (Å²) in [7, 11) is 0. The lowest BCUT2D eigenvalue weighted by Gasteiger charge is -2.33. The number of hydrogen-bond donors (Lipinski definition) is 0. The van der Waals surface area contributed by atoms with Crippen molar-refractivity contribution in [1.29, 1.82) is 0 Å². The van der Waals surface area contributed by atoms with Gasteiger partial charge >= 0.3 is 0 Å². The van der Waals surface area contributed by atoms with E-state index in [1.54, 1.807) is 0 Å². The molecule has 11 heavy (non-hydrogen) atoms. The van der Waals surface area contributed by atoms with E-state index in [-0.39, 0.29) is 0 Å². The van der Waals surface area contributed by atoms with Gasteiger partial charge in [0.15, 0.2) is 0 Å². The van der Waals surface area contributed by atoms with E-state index in [1.807, 2.05) is 0 Å². The van der Waals surface area contributed by atoms with Crippen molar-refractivity contribution in [1.82, 2.24) is 0 Å². The van der Waals surface area contributed by atoms with Crippen molar-refractivity contribution in [3.8, 4) is 0 Å². The van der Waals surface area contributed by atoms with Gasteiger partial charge in [0, 0.05) is 19.8 Å². The monoisotopic (exact) mass is 410 g/mol. The molecule has 1 aliphatic rings. The van der Waals surface area contributed by atoms with Crippen molar-refractivity contribution in [2.45, 2.75) is 27.3 Å². The lowest BCUT2D eigenvalue weighted by molar-refractivity contribution is 0.435. The predicted octanol–water partition coefficient (Wildman–Crippen LogP) is 4.08. The van der Waals surface area contributed by atoms with Crippen molar-refractivity contribution in [2.24, 2.45) is 5.92 Å². The second kappa shape index (κ2) is 4.97. The molecule has 1 rings (SSSR count). The number of rotatable bonds is 1. The molecule has 0 aromatic rings. The summed E-state index contributed by atoms with van der Waals surface area (Å²) in [6, 6.07) is 0. The minimum Gasteiger partial charge on any atom is -0.0925 e. The van der Waals surface area contributed by atoms with Gasteiger partial charge in [0.1, 0.15) is 0 Å². The fraction of sp³-hybridized carbons (Fsp3) is 1.00. The van der Waals surface area contributed by atoms with Crippen molar-refractivity contribution in [2.75, 3.05) is 5.33 Å². The number of halogens is 4. The maximum absolute atomic E-state index is 3.70. The van der Waals surface area contributed by atoms with Gasteiger partial charge in [0.05, 0.1) is 0 Å². The van der Waals surface area contributed by atoms with Crippen LogP contribution in [0.3, 0.4) is 0 Å². The van der Waals surface area contributed by atoms with E-state index in [0.29, 0.717) is 14.5 Å². The molecule has 0 aromatic heterocycles. The molecule has 0 spiro atoms. The maximum atomic E-state index is 3.70. The van der Waals surface area contributed by atoms with Crippen LogP contribution in [0.2, 0.25) is 0 Å². The molecule has 0 heterocycles. The average Bonchev–Trinajstić information content (AvgIpc) is 1.97. The van der Waals surface area contributed by atoms with Crippen LogP contribution in [0.15, 0.2) is 0 Å². The normalized spacial score (nSPS) is 45.8. The van der Waals surface area contributed by atoms with Gasteiger partial charge in [-0.3, -0.25) is 0 Å². The summed E-state index contributed by atoms with van der Waals surface area (Å²) < 4.78 is 0. The second-order valence-corrected chi connectivity index (χ2v) is 7.11. The molecule has 0 aliphatic heterocycles.